The number of hydrogen-bond acceptors (Lipinski definition) is 4. The normalized spacial score (nSPS) is 16.5. The highest BCUT2D eigenvalue weighted by Crippen LogP contribution is 2.38. The fraction of sp³-hybridized carbons (Fsp3) is 0.389. The van der Waals surface area contributed by atoms with E-state index in [4.69, 9.17) is 4.74 Å². The summed E-state index contributed by atoms with van der Waals surface area (Å²) in [7, 11) is 2.98. The van der Waals surface area contributed by atoms with Crippen LogP contribution in [0.25, 0.3) is 0 Å². The lowest BCUT2D eigenvalue weighted by atomic mass is 9.86. The van der Waals surface area contributed by atoms with Gasteiger partial charge in [-0.3, -0.25) is 18.7 Å². The van der Waals surface area contributed by atoms with Gasteiger partial charge in [0, 0.05) is 32.0 Å². The van der Waals surface area contributed by atoms with Crippen LogP contribution >= 0.6 is 0 Å². The summed E-state index contributed by atoms with van der Waals surface area (Å²) in [6.07, 6.45) is 0.0832. The molecule has 2 heterocycles. The number of amides is 1. The van der Waals surface area contributed by atoms with Crippen LogP contribution in [0.3, 0.4) is 0 Å². The van der Waals surface area contributed by atoms with E-state index in [1.165, 1.54) is 11.6 Å². The highest BCUT2D eigenvalue weighted by Gasteiger charge is 2.33. The predicted octanol–water partition coefficient (Wildman–Crippen LogP) is 1.35. The Bertz CT molecular complexity index is 956. The number of ether oxygens (including phenoxy) is 1. The van der Waals surface area contributed by atoms with Crippen LogP contribution in [0, 0.1) is 0 Å². The van der Waals surface area contributed by atoms with Crippen LogP contribution in [0.1, 0.15) is 37.3 Å². The zero-order valence-electron chi connectivity index (χ0n) is 14.7. The number of nitrogens with zero attached hydrogens (tertiary/aromatic N) is 2. The lowest BCUT2D eigenvalue weighted by Crippen LogP contribution is -2.44. The number of rotatable bonds is 3. The summed E-state index contributed by atoms with van der Waals surface area (Å²) in [5.41, 5.74) is 0.297. The summed E-state index contributed by atoms with van der Waals surface area (Å²) in [5.74, 6) is 0.192. The fourth-order valence-electron chi connectivity index (χ4n) is 3.20. The number of fused-ring (bicyclic) bond motifs is 1. The lowest BCUT2D eigenvalue weighted by molar-refractivity contribution is -0.116. The van der Waals surface area contributed by atoms with E-state index in [1.54, 1.807) is 7.05 Å². The first-order chi connectivity index (χ1) is 11.8. The third-order valence-electron chi connectivity index (χ3n) is 4.35. The summed E-state index contributed by atoms with van der Waals surface area (Å²) >= 11 is 0. The number of aromatic nitrogens is 2. The summed E-state index contributed by atoms with van der Waals surface area (Å²) in [6.45, 7) is 3.84. The summed E-state index contributed by atoms with van der Waals surface area (Å²) < 4.78 is 8.23. The minimum Gasteiger partial charge on any atom is -0.491 e. The van der Waals surface area contributed by atoms with Crippen molar-refractivity contribution in [1.82, 2.24) is 9.13 Å². The quantitative estimate of drug-likeness (QED) is 0.912. The molecule has 0 aliphatic carbocycles. The van der Waals surface area contributed by atoms with Crippen molar-refractivity contribution in [2.24, 2.45) is 14.1 Å². The second kappa shape index (κ2) is 6.23. The Hall–Kier alpha value is -2.83. The first-order valence-electron chi connectivity index (χ1n) is 8.16. The van der Waals surface area contributed by atoms with E-state index in [0.717, 1.165) is 10.1 Å². The molecule has 1 amide bonds. The Morgan fingerprint density at radius 3 is 2.48 bits per heavy atom. The molecule has 7 heteroatoms. The van der Waals surface area contributed by atoms with Crippen LogP contribution in [0.4, 0.5) is 5.82 Å². The van der Waals surface area contributed by atoms with Crippen molar-refractivity contribution in [2.45, 2.75) is 32.3 Å². The Labute approximate surface area is 144 Å². The third-order valence-corrected chi connectivity index (χ3v) is 4.35. The summed E-state index contributed by atoms with van der Waals surface area (Å²) in [6, 6.07) is 7.38. The summed E-state index contributed by atoms with van der Waals surface area (Å²) in [5, 5.41) is 2.67. The average molecular weight is 343 g/mol. The van der Waals surface area contributed by atoms with Crippen molar-refractivity contribution in [3.63, 3.8) is 0 Å². The molecule has 0 bridgehead atoms. The minimum absolute atomic E-state index is 0.0407. The molecular weight excluding hydrogens is 322 g/mol. The van der Waals surface area contributed by atoms with Crippen LogP contribution in [0.5, 0.6) is 5.75 Å². The van der Waals surface area contributed by atoms with Gasteiger partial charge < -0.3 is 10.1 Å². The largest absolute Gasteiger partial charge is 0.491 e. The van der Waals surface area contributed by atoms with Crippen molar-refractivity contribution in [1.29, 1.82) is 0 Å². The molecule has 1 aromatic heterocycles. The molecule has 2 aromatic rings. The van der Waals surface area contributed by atoms with Crippen molar-refractivity contribution < 1.29 is 9.53 Å². The highest BCUT2D eigenvalue weighted by atomic mass is 16.5. The van der Waals surface area contributed by atoms with E-state index in [-0.39, 0.29) is 24.2 Å². The molecule has 0 unspecified atom stereocenters. The van der Waals surface area contributed by atoms with Crippen LogP contribution in [-0.4, -0.2) is 21.1 Å². The monoisotopic (exact) mass is 343 g/mol. The second-order valence-electron chi connectivity index (χ2n) is 6.48. The Kier molecular flexibility index (Phi) is 4.24. The maximum absolute atomic E-state index is 12.8. The van der Waals surface area contributed by atoms with E-state index < -0.39 is 17.2 Å². The van der Waals surface area contributed by atoms with Gasteiger partial charge in [-0.2, -0.15) is 0 Å². The van der Waals surface area contributed by atoms with Crippen molar-refractivity contribution in [2.75, 3.05) is 5.32 Å². The third kappa shape index (κ3) is 2.86. The topological polar surface area (TPSA) is 82.3 Å². The van der Waals surface area contributed by atoms with Crippen LogP contribution in [0.2, 0.25) is 0 Å². The van der Waals surface area contributed by atoms with Gasteiger partial charge in [0.2, 0.25) is 5.91 Å². The van der Waals surface area contributed by atoms with Gasteiger partial charge in [0.05, 0.1) is 11.7 Å². The lowest BCUT2D eigenvalue weighted by Gasteiger charge is -2.28. The SMILES string of the molecule is CC(C)Oc1ccccc1[C@@H]1CC(=O)Nc2c1c(=O)n(C)c(=O)n2C. The first kappa shape index (κ1) is 17.0. The second-order valence-corrected chi connectivity index (χ2v) is 6.48. The molecule has 0 saturated carbocycles. The molecule has 1 N–H and O–H groups in total. The molecule has 132 valence electrons. The standard InChI is InChI=1S/C18H21N3O4/c1-10(2)25-13-8-6-5-7-11(13)12-9-14(22)19-16-15(12)17(23)21(4)18(24)20(16)3/h5-8,10,12H,9H2,1-4H3,(H,19,22)/t12-/m0/s1. The molecule has 7 nitrogen and oxygen atoms in total. The Morgan fingerprint density at radius 2 is 1.80 bits per heavy atom. The van der Waals surface area contributed by atoms with E-state index in [1.807, 2.05) is 38.1 Å². The van der Waals surface area contributed by atoms with Crippen molar-refractivity contribution >= 4 is 11.7 Å². The molecule has 0 saturated heterocycles. The van der Waals surface area contributed by atoms with Gasteiger partial charge in [-0.25, -0.2) is 4.79 Å². The number of benzene rings is 1. The summed E-state index contributed by atoms with van der Waals surface area (Å²) in [4.78, 5) is 37.2. The zero-order chi connectivity index (χ0) is 18.3. The van der Waals surface area contributed by atoms with Gasteiger partial charge in [-0.1, -0.05) is 18.2 Å². The Morgan fingerprint density at radius 1 is 1.12 bits per heavy atom. The molecule has 1 aromatic carbocycles. The van der Waals surface area contributed by atoms with Crippen LogP contribution in [-0.2, 0) is 18.9 Å². The van der Waals surface area contributed by atoms with Crippen LogP contribution < -0.4 is 21.3 Å². The minimum atomic E-state index is -0.476. The van der Waals surface area contributed by atoms with Gasteiger partial charge in [-0.15, -0.1) is 0 Å². The zero-order valence-corrected chi connectivity index (χ0v) is 14.7. The molecular formula is C18H21N3O4. The number of nitrogens with one attached hydrogen (secondary N) is 1. The molecule has 3 rings (SSSR count). The fourth-order valence-corrected chi connectivity index (χ4v) is 3.20. The highest BCUT2D eigenvalue weighted by molar-refractivity contribution is 5.94. The van der Waals surface area contributed by atoms with Gasteiger partial charge in [0.1, 0.15) is 11.6 Å². The molecule has 1 aliphatic heterocycles. The number of carbonyl (C=O) groups excluding carboxylic acids is 1. The van der Waals surface area contributed by atoms with Gasteiger partial charge in [0.25, 0.3) is 5.56 Å². The van der Waals surface area contributed by atoms with Crippen molar-refractivity contribution in [3.8, 4) is 5.75 Å². The average Bonchev–Trinajstić information content (AvgIpc) is 2.57. The van der Waals surface area contributed by atoms with Crippen LogP contribution in [0.15, 0.2) is 33.9 Å². The van der Waals surface area contributed by atoms with E-state index in [9.17, 15) is 14.4 Å². The molecule has 0 fully saturated rings. The van der Waals surface area contributed by atoms with Gasteiger partial charge >= 0.3 is 5.69 Å². The van der Waals surface area contributed by atoms with E-state index >= 15 is 0 Å². The van der Waals surface area contributed by atoms with E-state index in [2.05, 4.69) is 5.32 Å². The first-order valence-corrected chi connectivity index (χ1v) is 8.16. The maximum Gasteiger partial charge on any atom is 0.332 e. The Balaban J connectivity index is 2.27. The van der Waals surface area contributed by atoms with Crippen molar-refractivity contribution in [3.05, 3.63) is 56.2 Å². The van der Waals surface area contributed by atoms with E-state index in [0.29, 0.717) is 11.3 Å². The number of carbonyl (C=O) groups is 1. The molecule has 25 heavy (non-hydrogen) atoms. The molecule has 1 aliphatic rings. The number of para-hydroxylation sites is 1. The van der Waals surface area contributed by atoms with Gasteiger partial charge in [0.15, 0.2) is 0 Å². The molecule has 1 atom stereocenters. The molecule has 0 radical (unpaired) electrons. The number of hydrogen-bond donors (Lipinski definition) is 1. The van der Waals surface area contributed by atoms with Gasteiger partial charge in [-0.05, 0) is 19.9 Å². The smallest absolute Gasteiger partial charge is 0.332 e. The predicted molar refractivity (Wildman–Crippen MR) is 94.2 cm³/mol. The maximum atomic E-state index is 12.8. The molecule has 0 spiro atoms. The number of anilines is 1.